The fraction of sp³-hybridized carbons (Fsp3) is 0.348. The van der Waals surface area contributed by atoms with Crippen molar-refractivity contribution < 1.29 is 0 Å². The van der Waals surface area contributed by atoms with E-state index in [1.54, 1.807) is 12.4 Å². The Labute approximate surface area is 166 Å². The zero-order valence-corrected chi connectivity index (χ0v) is 16.8. The van der Waals surface area contributed by atoms with E-state index >= 15 is 0 Å². The highest BCUT2D eigenvalue weighted by molar-refractivity contribution is 6.11. The molecule has 0 aromatic carbocycles. The summed E-state index contributed by atoms with van der Waals surface area (Å²) < 4.78 is 2.00. The largest absolute Gasteiger partial charge is 0.404 e. The molecule has 0 spiro atoms. The van der Waals surface area contributed by atoms with Crippen molar-refractivity contribution in [3.8, 4) is 11.3 Å². The molecule has 3 aromatic heterocycles. The maximum Gasteiger partial charge on any atom is 0.137 e. The van der Waals surface area contributed by atoms with Crippen LogP contribution >= 0.6 is 0 Å². The van der Waals surface area contributed by atoms with Gasteiger partial charge in [0.2, 0.25) is 0 Å². The molecule has 28 heavy (non-hydrogen) atoms. The van der Waals surface area contributed by atoms with Crippen LogP contribution in [0, 0.1) is 5.41 Å². The van der Waals surface area contributed by atoms with Crippen molar-refractivity contribution in [3.05, 3.63) is 60.3 Å². The molecule has 0 atom stereocenters. The van der Waals surface area contributed by atoms with Gasteiger partial charge in [-0.1, -0.05) is 26.8 Å². The van der Waals surface area contributed by atoms with Crippen LogP contribution in [0.4, 0.5) is 0 Å². The molecule has 0 saturated heterocycles. The Morgan fingerprint density at radius 3 is 2.79 bits per heavy atom. The standard InChI is InChI=1S/C23H27N5/c1-23(2,3)15-25-14-18(13-24)19-6-7-20(16-4-5-16)27-22(19)17-8-10-28-11-9-26-21(28)12-17/h6-14,16H,4-5,15,24H2,1-3H3. The van der Waals surface area contributed by atoms with Gasteiger partial charge in [-0.05, 0) is 36.5 Å². The number of pyridine rings is 2. The predicted octanol–water partition coefficient (Wildman–Crippen LogP) is 4.69. The Kier molecular flexibility index (Phi) is 4.75. The Bertz CT molecular complexity index is 1050. The zero-order chi connectivity index (χ0) is 19.7. The van der Waals surface area contributed by atoms with E-state index in [0.717, 1.165) is 40.3 Å². The summed E-state index contributed by atoms with van der Waals surface area (Å²) in [5, 5.41) is 0. The number of hydrogen-bond acceptors (Lipinski definition) is 4. The number of aliphatic imine (C=N–C) groups is 1. The number of imidazole rings is 1. The molecule has 1 aliphatic carbocycles. The van der Waals surface area contributed by atoms with Crippen LogP contribution in [0.3, 0.4) is 0 Å². The van der Waals surface area contributed by atoms with E-state index in [-0.39, 0.29) is 5.41 Å². The molecule has 1 saturated carbocycles. The second kappa shape index (κ2) is 7.23. The fourth-order valence-electron chi connectivity index (χ4n) is 3.21. The summed E-state index contributed by atoms with van der Waals surface area (Å²) in [7, 11) is 0. The van der Waals surface area contributed by atoms with Crippen molar-refractivity contribution in [1.82, 2.24) is 14.4 Å². The van der Waals surface area contributed by atoms with Crippen LogP contribution in [0.1, 0.15) is 50.8 Å². The Morgan fingerprint density at radius 2 is 2.07 bits per heavy atom. The second-order valence-corrected chi connectivity index (χ2v) is 8.67. The molecular formula is C23H27N5. The maximum absolute atomic E-state index is 5.99. The second-order valence-electron chi connectivity index (χ2n) is 8.67. The smallest absolute Gasteiger partial charge is 0.137 e. The van der Waals surface area contributed by atoms with Crippen LogP contribution in [0.15, 0.2) is 54.0 Å². The molecule has 5 heteroatoms. The minimum absolute atomic E-state index is 0.138. The van der Waals surface area contributed by atoms with Gasteiger partial charge in [0.1, 0.15) is 5.65 Å². The van der Waals surface area contributed by atoms with E-state index in [0.29, 0.717) is 5.92 Å². The zero-order valence-electron chi connectivity index (χ0n) is 16.8. The molecule has 3 aromatic rings. The maximum atomic E-state index is 5.99. The van der Waals surface area contributed by atoms with Gasteiger partial charge in [0, 0.05) is 65.9 Å². The number of allylic oxidation sites excluding steroid dienone is 1. The first-order chi connectivity index (χ1) is 13.4. The van der Waals surface area contributed by atoms with Crippen molar-refractivity contribution in [1.29, 1.82) is 0 Å². The van der Waals surface area contributed by atoms with Crippen molar-refractivity contribution in [2.24, 2.45) is 16.1 Å². The molecule has 144 valence electrons. The van der Waals surface area contributed by atoms with Gasteiger partial charge in [-0.15, -0.1) is 0 Å². The van der Waals surface area contributed by atoms with E-state index in [1.807, 2.05) is 23.0 Å². The number of nitrogens with zero attached hydrogens (tertiary/aromatic N) is 4. The lowest BCUT2D eigenvalue weighted by atomic mass is 9.97. The van der Waals surface area contributed by atoms with Gasteiger partial charge in [0.25, 0.3) is 0 Å². The summed E-state index contributed by atoms with van der Waals surface area (Å²) in [5.74, 6) is 0.586. The average molecular weight is 374 g/mol. The van der Waals surface area contributed by atoms with Gasteiger partial charge in [0.15, 0.2) is 0 Å². The van der Waals surface area contributed by atoms with Crippen LogP contribution in [0.2, 0.25) is 0 Å². The van der Waals surface area contributed by atoms with E-state index in [4.69, 9.17) is 10.7 Å². The normalized spacial score (nSPS) is 15.6. The van der Waals surface area contributed by atoms with Gasteiger partial charge in [0.05, 0.1) is 5.69 Å². The van der Waals surface area contributed by atoms with Gasteiger partial charge in [-0.25, -0.2) is 4.98 Å². The molecule has 0 bridgehead atoms. The van der Waals surface area contributed by atoms with Crippen LogP contribution in [0.25, 0.3) is 22.5 Å². The number of nitrogens with two attached hydrogens (primary N) is 1. The topological polar surface area (TPSA) is 68.6 Å². The Hall–Kier alpha value is -2.95. The fourth-order valence-corrected chi connectivity index (χ4v) is 3.21. The van der Waals surface area contributed by atoms with E-state index in [1.165, 1.54) is 12.8 Å². The van der Waals surface area contributed by atoms with Gasteiger partial charge in [-0.2, -0.15) is 0 Å². The molecule has 4 rings (SSSR count). The third-order valence-corrected chi connectivity index (χ3v) is 4.87. The molecule has 0 unspecified atom stereocenters. The Morgan fingerprint density at radius 1 is 1.25 bits per heavy atom. The minimum Gasteiger partial charge on any atom is -0.404 e. The summed E-state index contributed by atoms with van der Waals surface area (Å²) in [6.45, 7) is 7.27. The number of rotatable bonds is 5. The molecular weight excluding hydrogens is 346 g/mol. The lowest BCUT2D eigenvalue weighted by Crippen LogP contribution is -2.09. The summed E-state index contributed by atoms with van der Waals surface area (Å²) in [6, 6.07) is 8.42. The first kappa shape index (κ1) is 18.4. The van der Waals surface area contributed by atoms with Gasteiger partial charge in [-0.3, -0.25) is 9.98 Å². The minimum atomic E-state index is 0.138. The van der Waals surface area contributed by atoms with E-state index in [9.17, 15) is 0 Å². The lowest BCUT2D eigenvalue weighted by Gasteiger charge is -2.15. The molecule has 1 aliphatic rings. The highest BCUT2D eigenvalue weighted by atomic mass is 15.0. The van der Waals surface area contributed by atoms with Gasteiger partial charge >= 0.3 is 0 Å². The van der Waals surface area contributed by atoms with Crippen LogP contribution in [0.5, 0.6) is 0 Å². The summed E-state index contributed by atoms with van der Waals surface area (Å²) in [6.07, 6.45) is 11.7. The number of fused-ring (bicyclic) bond motifs is 1. The van der Waals surface area contributed by atoms with Crippen molar-refractivity contribution in [2.75, 3.05) is 6.54 Å². The van der Waals surface area contributed by atoms with E-state index < -0.39 is 0 Å². The third kappa shape index (κ3) is 3.98. The van der Waals surface area contributed by atoms with E-state index in [2.05, 4.69) is 55.0 Å². The highest BCUT2D eigenvalue weighted by Crippen LogP contribution is 2.40. The molecule has 2 N–H and O–H groups in total. The van der Waals surface area contributed by atoms with Crippen LogP contribution in [-0.4, -0.2) is 27.1 Å². The van der Waals surface area contributed by atoms with Gasteiger partial charge < -0.3 is 10.1 Å². The number of hydrogen-bond donors (Lipinski definition) is 1. The summed E-state index contributed by atoms with van der Waals surface area (Å²) >= 11 is 0. The third-order valence-electron chi connectivity index (χ3n) is 4.87. The molecule has 0 amide bonds. The summed E-state index contributed by atoms with van der Waals surface area (Å²) in [5.41, 5.74) is 12.1. The summed E-state index contributed by atoms with van der Waals surface area (Å²) in [4.78, 5) is 14.1. The van der Waals surface area contributed by atoms with Crippen LogP contribution in [-0.2, 0) is 0 Å². The molecule has 1 fully saturated rings. The van der Waals surface area contributed by atoms with Crippen molar-refractivity contribution >= 4 is 17.4 Å². The predicted molar refractivity (Wildman–Crippen MR) is 115 cm³/mol. The molecule has 0 aliphatic heterocycles. The molecule has 0 radical (unpaired) electrons. The first-order valence-corrected chi connectivity index (χ1v) is 9.81. The first-order valence-electron chi connectivity index (χ1n) is 9.81. The molecule has 5 nitrogen and oxygen atoms in total. The Balaban J connectivity index is 1.77. The quantitative estimate of drug-likeness (QED) is 0.660. The average Bonchev–Trinajstić information content (AvgIpc) is 3.41. The van der Waals surface area contributed by atoms with Crippen molar-refractivity contribution in [3.63, 3.8) is 0 Å². The number of aromatic nitrogens is 3. The van der Waals surface area contributed by atoms with Crippen LogP contribution < -0.4 is 5.73 Å². The lowest BCUT2D eigenvalue weighted by molar-refractivity contribution is 0.430. The SMILES string of the molecule is CC(C)(C)CN=CC(=CN)c1ccc(C2CC2)nc1-c1ccn2ccnc2c1. The monoisotopic (exact) mass is 373 g/mol. The van der Waals surface area contributed by atoms with Crippen molar-refractivity contribution in [2.45, 2.75) is 39.5 Å². The highest BCUT2D eigenvalue weighted by Gasteiger charge is 2.26. The molecule has 3 heterocycles.